The van der Waals surface area contributed by atoms with Gasteiger partial charge in [-0.3, -0.25) is 4.79 Å². The van der Waals surface area contributed by atoms with E-state index in [9.17, 15) is 75.7 Å². The third kappa shape index (κ3) is 7.19. The minimum atomic E-state index is -3.57. The van der Waals surface area contributed by atoms with Gasteiger partial charge in [0.25, 0.3) is 5.79 Å². The lowest BCUT2D eigenvalue weighted by atomic mass is 9.85. The lowest BCUT2D eigenvalue weighted by molar-refractivity contribution is -0.374. The summed E-state index contributed by atoms with van der Waals surface area (Å²) in [6.07, 6.45) is -14.7. The Hall–Kier alpha value is -5.83. The van der Waals surface area contributed by atoms with Gasteiger partial charge in [0, 0.05) is 54.6 Å². The first-order valence-corrected chi connectivity index (χ1v) is 18.4. The number of aliphatic hydroxyl groups is 8. The van der Waals surface area contributed by atoms with Crippen LogP contribution in [-0.2, 0) is 30.2 Å². The fourth-order valence-corrected chi connectivity index (χ4v) is 7.56. The molecule has 0 radical (unpaired) electrons. The predicted octanol–water partition coefficient (Wildman–Crippen LogP) is -4.05. The summed E-state index contributed by atoms with van der Waals surface area (Å²) in [5.41, 5.74) is 4.85. The molecular formula is C38H41N3O20. The number of carboxylic acids is 1. The second-order valence-electron chi connectivity index (χ2n) is 14.6. The molecule has 4 aliphatic heterocycles. The quantitative estimate of drug-likeness (QED) is 0.0582. The van der Waals surface area contributed by atoms with Crippen LogP contribution in [0, 0.1) is 0 Å². The van der Waals surface area contributed by atoms with E-state index >= 15 is 0 Å². The molecule has 1 spiro atoms. The van der Waals surface area contributed by atoms with Crippen molar-refractivity contribution in [2.75, 3.05) is 13.7 Å². The third-order valence-corrected chi connectivity index (χ3v) is 10.7. The maximum atomic E-state index is 13.8. The second-order valence-corrected chi connectivity index (χ2v) is 14.6. The van der Waals surface area contributed by atoms with Gasteiger partial charge in [-0.25, -0.2) is 9.59 Å². The number of hydrogen-bond donors (Lipinski definition) is 15. The number of allylic oxidation sites excluding steroid dienone is 3. The highest BCUT2D eigenvalue weighted by atomic mass is 16.8. The van der Waals surface area contributed by atoms with Crippen molar-refractivity contribution in [3.63, 3.8) is 0 Å². The number of aliphatic carboxylic acids is 1. The Balaban J connectivity index is 1.37. The lowest BCUT2D eigenvalue weighted by Gasteiger charge is -2.48. The molecule has 7 rings (SSSR count). The van der Waals surface area contributed by atoms with E-state index in [4.69, 9.17) is 29.1 Å². The summed E-state index contributed by atoms with van der Waals surface area (Å²) < 4.78 is 28.3. The largest absolute Gasteiger partial charge is 0.507 e. The van der Waals surface area contributed by atoms with Gasteiger partial charge in [0.2, 0.25) is 18.2 Å². The number of phenols is 3. The number of likely N-dealkylation sites (N-methyl/N-ethyl adjacent to an activating group) is 1. The summed E-state index contributed by atoms with van der Waals surface area (Å²) in [7, 11) is 1.31. The Bertz CT molecular complexity index is 2410. The summed E-state index contributed by atoms with van der Waals surface area (Å²) >= 11 is 0. The molecule has 3 aromatic rings. The molecule has 2 fully saturated rings. The monoisotopic (exact) mass is 859 g/mol. The normalized spacial score (nSPS) is 31.8. The fourth-order valence-electron chi connectivity index (χ4n) is 7.56. The number of rotatable bonds is 8. The minimum absolute atomic E-state index is 0.0592. The molecule has 2 saturated heterocycles. The average molecular weight is 860 g/mol. The average Bonchev–Trinajstić information content (AvgIpc) is 3.35. The summed E-state index contributed by atoms with van der Waals surface area (Å²) in [6.45, 7) is -0.412. The lowest BCUT2D eigenvalue weighted by Crippen LogP contribution is -2.71. The van der Waals surface area contributed by atoms with Gasteiger partial charge in [-0.15, -0.1) is 0 Å². The zero-order valence-electron chi connectivity index (χ0n) is 31.5. The van der Waals surface area contributed by atoms with E-state index in [0.717, 1.165) is 18.2 Å². The predicted molar refractivity (Wildman–Crippen MR) is 200 cm³/mol. The van der Waals surface area contributed by atoms with Gasteiger partial charge in [0.05, 0.1) is 11.9 Å². The van der Waals surface area contributed by atoms with Crippen molar-refractivity contribution >= 4 is 22.9 Å². The van der Waals surface area contributed by atoms with E-state index in [-0.39, 0.29) is 45.5 Å². The van der Waals surface area contributed by atoms with Gasteiger partial charge in [-0.2, -0.15) is 0 Å². The number of carbonyl (C=O) groups is 2. The number of hydrogen-bond acceptors (Lipinski definition) is 22. The van der Waals surface area contributed by atoms with Crippen molar-refractivity contribution in [2.24, 2.45) is 5.73 Å². The van der Waals surface area contributed by atoms with Crippen molar-refractivity contribution in [3.8, 4) is 34.3 Å². The number of dihydropyridines is 1. The molecule has 4 aliphatic rings. The van der Waals surface area contributed by atoms with E-state index < -0.39 is 120 Å². The summed E-state index contributed by atoms with van der Waals surface area (Å²) in [5.74, 6) is -13.8. The Morgan fingerprint density at radius 1 is 0.984 bits per heavy atom. The van der Waals surface area contributed by atoms with Crippen LogP contribution in [0.3, 0.4) is 0 Å². The fraction of sp³-hybridized carbons (Fsp3) is 0.395. The van der Waals surface area contributed by atoms with Crippen molar-refractivity contribution in [2.45, 2.75) is 79.1 Å². The number of nitrogens with one attached hydrogen (secondary N) is 2. The SMILES string of the molecule is CNC1=CC(C2=CNC(N)C=C2)c2c(cc3oc(-c4cc(O)c(O)c(CCO)c4)cc(=O)c3c2O)OC12OC(C(=O)OC1OC(C(=O)O)C(O)(O)C(O)C1O)C(O)C(O)C2O. The number of phenolic OH excluding ortho intramolecular Hbond substituents is 3. The molecule has 0 saturated carbocycles. The van der Waals surface area contributed by atoms with Crippen LogP contribution in [0.15, 0.2) is 69.2 Å². The minimum Gasteiger partial charge on any atom is -0.507 e. The van der Waals surface area contributed by atoms with E-state index in [2.05, 4.69) is 10.6 Å². The molecule has 61 heavy (non-hydrogen) atoms. The number of aromatic hydroxyl groups is 3. The van der Waals surface area contributed by atoms with Crippen molar-refractivity contribution < 1.29 is 94.2 Å². The number of fused-ring (bicyclic) bond motifs is 2. The summed E-state index contributed by atoms with van der Waals surface area (Å²) in [6, 6.07) is 4.52. The number of benzene rings is 2. The van der Waals surface area contributed by atoms with Crippen LogP contribution in [0.25, 0.3) is 22.3 Å². The Labute approximate surface area is 341 Å². The Kier molecular flexibility index (Phi) is 11.3. The number of ether oxygens (including phenoxy) is 4. The van der Waals surface area contributed by atoms with E-state index in [0.29, 0.717) is 5.57 Å². The van der Waals surface area contributed by atoms with E-state index in [1.54, 1.807) is 12.2 Å². The van der Waals surface area contributed by atoms with E-state index in [1.165, 1.54) is 25.4 Å². The van der Waals surface area contributed by atoms with Crippen molar-refractivity contribution in [1.82, 2.24) is 10.6 Å². The van der Waals surface area contributed by atoms with Crippen LogP contribution in [0.1, 0.15) is 17.0 Å². The Morgan fingerprint density at radius 2 is 1.70 bits per heavy atom. The first-order chi connectivity index (χ1) is 28.7. The maximum Gasteiger partial charge on any atom is 0.340 e. The smallest absolute Gasteiger partial charge is 0.340 e. The topological polar surface area (TPSA) is 394 Å². The first-order valence-electron chi connectivity index (χ1n) is 18.4. The van der Waals surface area contributed by atoms with Gasteiger partial charge in [-0.05, 0) is 36.3 Å². The maximum absolute atomic E-state index is 13.8. The summed E-state index contributed by atoms with van der Waals surface area (Å²) in [5, 5.41) is 132. The van der Waals surface area contributed by atoms with Gasteiger partial charge in [0.15, 0.2) is 29.1 Å². The van der Waals surface area contributed by atoms with Crippen LogP contribution in [0.4, 0.5) is 0 Å². The first kappa shape index (κ1) is 43.3. The molecule has 16 N–H and O–H groups in total. The van der Waals surface area contributed by atoms with Crippen molar-refractivity contribution in [1.29, 1.82) is 0 Å². The highest BCUT2D eigenvalue weighted by molar-refractivity contribution is 5.89. The van der Waals surface area contributed by atoms with Crippen LogP contribution >= 0.6 is 0 Å². The molecular weight excluding hydrogens is 818 g/mol. The second kappa shape index (κ2) is 15.9. The number of carboxylic acid groups (broad SMARTS) is 1. The highest BCUT2D eigenvalue weighted by Gasteiger charge is 2.63. The molecule has 23 heteroatoms. The van der Waals surface area contributed by atoms with Gasteiger partial charge in [-0.1, -0.05) is 6.08 Å². The van der Waals surface area contributed by atoms with Gasteiger partial charge in [0.1, 0.15) is 52.6 Å². The molecule has 328 valence electrons. The van der Waals surface area contributed by atoms with Crippen LogP contribution < -0.4 is 26.5 Å². The van der Waals surface area contributed by atoms with Gasteiger partial charge >= 0.3 is 11.9 Å². The molecule has 2 aromatic carbocycles. The number of esters is 1. The number of carbonyl (C=O) groups excluding carboxylic acids is 1. The van der Waals surface area contributed by atoms with Crippen molar-refractivity contribution in [3.05, 3.63) is 81.3 Å². The molecule has 0 bridgehead atoms. The highest BCUT2D eigenvalue weighted by Crippen LogP contribution is 2.51. The molecule has 23 nitrogen and oxygen atoms in total. The third-order valence-electron chi connectivity index (χ3n) is 10.7. The standard InChI is InChI=1S/C38H41N3O20/c1-40-21-8-15(13-2-3-22(39)41-11-13)23-20(10-19-24(26(23)46)16(43)9-18(57-19)14-6-12(4-5-42)25(45)17(44)7-14)60-38(21)32(51)28(48)27(47)30(61-38)35(54)59-36-29(49)31(50)37(55,56)33(58-36)34(52)53/h2-3,6-11,15,22,27-33,36,40-42,44-51,55-56H,4-5,39H2,1H3,(H,52,53). The zero-order chi connectivity index (χ0) is 44.5. The molecule has 0 aliphatic carbocycles. The van der Waals surface area contributed by atoms with Gasteiger partial charge < -0.3 is 101 Å². The van der Waals surface area contributed by atoms with E-state index in [1.807, 2.05) is 0 Å². The molecule has 11 unspecified atom stereocenters. The molecule has 1 aromatic heterocycles. The molecule has 0 amide bonds. The number of aliphatic hydroxyl groups excluding tert-OH is 6. The Morgan fingerprint density at radius 3 is 2.34 bits per heavy atom. The van der Waals surface area contributed by atoms with Crippen LogP contribution in [-0.4, -0.2) is 154 Å². The molecule has 11 atom stereocenters. The van der Waals surface area contributed by atoms with Crippen LogP contribution in [0.2, 0.25) is 0 Å². The summed E-state index contributed by atoms with van der Waals surface area (Å²) in [4.78, 5) is 39.3. The molecule has 5 heterocycles. The van der Waals surface area contributed by atoms with Crippen LogP contribution in [0.5, 0.6) is 23.0 Å². The number of nitrogens with two attached hydrogens (primary N) is 1. The zero-order valence-corrected chi connectivity index (χ0v) is 31.5.